The molecule has 1 fully saturated rings. The molecule has 1 N–H and O–H groups in total. The zero-order valence-electron chi connectivity index (χ0n) is 14.5. The molecule has 25 heavy (non-hydrogen) atoms. The lowest BCUT2D eigenvalue weighted by atomic mass is 10.1. The van der Waals surface area contributed by atoms with E-state index in [2.05, 4.69) is 4.98 Å². The molecule has 3 rings (SSSR count). The van der Waals surface area contributed by atoms with E-state index < -0.39 is 11.9 Å². The minimum atomic E-state index is -0.882. The van der Waals surface area contributed by atoms with Crippen LogP contribution in [0, 0.1) is 12.8 Å². The molecule has 1 atom stereocenters. The average molecular weight is 338 g/mol. The monoisotopic (exact) mass is 338 g/mol. The molecule has 2 aromatic rings. The fourth-order valence-electron chi connectivity index (χ4n) is 2.87. The number of benzene rings is 1. The Morgan fingerprint density at radius 3 is 2.44 bits per heavy atom. The molecule has 1 amide bonds. The molecule has 0 radical (unpaired) electrons. The second-order valence-corrected chi connectivity index (χ2v) is 6.62. The van der Waals surface area contributed by atoms with E-state index >= 15 is 0 Å². The van der Waals surface area contributed by atoms with Gasteiger partial charge >= 0.3 is 5.97 Å². The number of rotatable bonds is 6. The van der Waals surface area contributed by atoms with E-state index in [-0.39, 0.29) is 18.5 Å². The zero-order valence-corrected chi connectivity index (χ0v) is 14.5. The first kappa shape index (κ1) is 17.1. The van der Waals surface area contributed by atoms with Crippen LogP contribution in [0.4, 0.5) is 0 Å². The quantitative estimate of drug-likeness (QED) is 0.876. The number of hydrogen-bond donors (Lipinski definition) is 1. The van der Waals surface area contributed by atoms with Crippen LogP contribution < -0.4 is 0 Å². The molecular weight excluding hydrogens is 316 g/mol. The van der Waals surface area contributed by atoms with Gasteiger partial charge in [-0.25, -0.2) is 0 Å². The Bertz CT molecular complexity index is 785. The number of pyridine rings is 1. The van der Waals surface area contributed by atoms with Crippen molar-refractivity contribution in [2.24, 2.45) is 5.92 Å². The lowest BCUT2D eigenvalue weighted by Gasteiger charge is -2.25. The summed E-state index contributed by atoms with van der Waals surface area (Å²) in [6.07, 6.45) is 1.87. The van der Waals surface area contributed by atoms with Gasteiger partial charge in [0.2, 0.25) is 0 Å². The summed E-state index contributed by atoms with van der Waals surface area (Å²) < 4.78 is 0. The van der Waals surface area contributed by atoms with Gasteiger partial charge in [0, 0.05) is 18.2 Å². The molecule has 5 heteroatoms. The number of carboxylic acids is 1. The van der Waals surface area contributed by atoms with Crippen LogP contribution >= 0.6 is 0 Å². The maximum atomic E-state index is 12.9. The van der Waals surface area contributed by atoms with Gasteiger partial charge in [0.15, 0.2) is 0 Å². The molecule has 1 heterocycles. The number of aryl methyl sites for hydroxylation is 1. The highest BCUT2D eigenvalue weighted by Crippen LogP contribution is 2.30. The molecule has 1 aromatic carbocycles. The van der Waals surface area contributed by atoms with E-state index in [4.69, 9.17) is 5.11 Å². The topological polar surface area (TPSA) is 70.5 Å². The van der Waals surface area contributed by atoms with Crippen LogP contribution in [0.15, 0.2) is 42.5 Å². The number of carbonyl (C=O) groups is 2. The van der Waals surface area contributed by atoms with Gasteiger partial charge in [-0.3, -0.25) is 14.6 Å². The summed E-state index contributed by atoms with van der Waals surface area (Å²) in [5.74, 6) is -1.59. The third-order valence-electron chi connectivity index (χ3n) is 4.53. The normalized spacial score (nSPS) is 14.8. The van der Waals surface area contributed by atoms with Crippen molar-refractivity contribution in [3.05, 3.63) is 53.7 Å². The van der Waals surface area contributed by atoms with E-state index in [1.54, 1.807) is 17.9 Å². The van der Waals surface area contributed by atoms with E-state index in [0.29, 0.717) is 11.3 Å². The first-order valence-electron chi connectivity index (χ1n) is 8.54. The van der Waals surface area contributed by atoms with Crippen LogP contribution in [-0.4, -0.2) is 39.5 Å². The number of carbonyl (C=O) groups excluding carboxylic acids is 1. The minimum Gasteiger partial charge on any atom is -0.481 e. The fraction of sp³-hybridized carbons (Fsp3) is 0.350. The number of nitrogens with zero attached hydrogens (tertiary/aromatic N) is 2. The lowest BCUT2D eigenvalue weighted by Crippen LogP contribution is -2.39. The first-order valence-corrected chi connectivity index (χ1v) is 8.54. The van der Waals surface area contributed by atoms with Crippen molar-refractivity contribution < 1.29 is 14.7 Å². The van der Waals surface area contributed by atoms with Gasteiger partial charge in [-0.05, 0) is 31.9 Å². The molecule has 1 aromatic heterocycles. The van der Waals surface area contributed by atoms with Crippen LogP contribution in [-0.2, 0) is 4.79 Å². The molecule has 0 saturated heterocycles. The molecule has 1 aliphatic carbocycles. The van der Waals surface area contributed by atoms with Crippen LogP contribution in [0.25, 0.3) is 11.3 Å². The van der Waals surface area contributed by atoms with Crippen molar-refractivity contribution in [3.8, 4) is 11.3 Å². The first-order chi connectivity index (χ1) is 12.0. The fourth-order valence-corrected chi connectivity index (χ4v) is 2.87. The van der Waals surface area contributed by atoms with Crippen molar-refractivity contribution in [2.45, 2.75) is 32.7 Å². The van der Waals surface area contributed by atoms with Crippen LogP contribution in [0.3, 0.4) is 0 Å². The van der Waals surface area contributed by atoms with Crippen molar-refractivity contribution in [3.63, 3.8) is 0 Å². The van der Waals surface area contributed by atoms with E-state index in [9.17, 15) is 9.59 Å². The van der Waals surface area contributed by atoms with Crippen molar-refractivity contribution in [1.82, 2.24) is 9.88 Å². The van der Waals surface area contributed by atoms with Gasteiger partial charge < -0.3 is 10.0 Å². The SMILES string of the molecule is Cc1nc(-c2ccccc2)ccc1C(=O)N(CC(C)C(=O)O)C1CC1. The molecule has 1 aliphatic rings. The summed E-state index contributed by atoms with van der Waals surface area (Å²) in [5.41, 5.74) is 3.04. The van der Waals surface area contributed by atoms with Crippen LogP contribution in [0.2, 0.25) is 0 Å². The second kappa shape index (κ2) is 7.05. The standard InChI is InChI=1S/C20H22N2O3/c1-13(20(24)25)12-22(16-8-9-16)19(23)17-10-11-18(21-14(17)2)15-6-4-3-5-7-15/h3-7,10-11,13,16H,8-9,12H2,1-2H3,(H,24,25). The predicted octanol–water partition coefficient (Wildman–Crippen LogP) is 3.38. The van der Waals surface area contributed by atoms with E-state index in [1.807, 2.05) is 43.3 Å². The van der Waals surface area contributed by atoms with Gasteiger partial charge in [-0.15, -0.1) is 0 Å². The molecular formula is C20H22N2O3. The van der Waals surface area contributed by atoms with Gasteiger partial charge in [-0.1, -0.05) is 37.3 Å². The Kier molecular flexibility index (Phi) is 4.83. The zero-order chi connectivity index (χ0) is 18.0. The lowest BCUT2D eigenvalue weighted by molar-refractivity contribution is -0.141. The molecule has 0 bridgehead atoms. The summed E-state index contributed by atoms with van der Waals surface area (Å²) in [7, 11) is 0. The van der Waals surface area contributed by atoms with Gasteiger partial charge in [0.25, 0.3) is 5.91 Å². The molecule has 0 spiro atoms. The Hall–Kier alpha value is -2.69. The highest BCUT2D eigenvalue weighted by Gasteiger charge is 2.35. The minimum absolute atomic E-state index is 0.125. The summed E-state index contributed by atoms with van der Waals surface area (Å²) in [6, 6.07) is 13.6. The summed E-state index contributed by atoms with van der Waals surface area (Å²) in [6.45, 7) is 3.69. The Morgan fingerprint density at radius 2 is 1.88 bits per heavy atom. The summed E-state index contributed by atoms with van der Waals surface area (Å²) in [4.78, 5) is 30.4. The third-order valence-corrected chi connectivity index (χ3v) is 4.53. The average Bonchev–Trinajstić information content (AvgIpc) is 3.44. The molecule has 130 valence electrons. The van der Waals surface area contributed by atoms with Gasteiger partial charge in [0.05, 0.1) is 22.9 Å². The number of aromatic nitrogens is 1. The number of amides is 1. The largest absolute Gasteiger partial charge is 0.481 e. The van der Waals surface area contributed by atoms with Gasteiger partial charge in [-0.2, -0.15) is 0 Å². The molecule has 5 nitrogen and oxygen atoms in total. The number of hydrogen-bond acceptors (Lipinski definition) is 3. The van der Waals surface area contributed by atoms with Gasteiger partial charge in [0.1, 0.15) is 0 Å². The molecule has 1 saturated carbocycles. The molecule has 0 aliphatic heterocycles. The van der Waals surface area contributed by atoms with Crippen LogP contribution in [0.1, 0.15) is 35.8 Å². The summed E-state index contributed by atoms with van der Waals surface area (Å²) >= 11 is 0. The maximum Gasteiger partial charge on any atom is 0.308 e. The number of aliphatic carboxylic acids is 1. The van der Waals surface area contributed by atoms with Crippen LogP contribution in [0.5, 0.6) is 0 Å². The van der Waals surface area contributed by atoms with E-state index in [1.165, 1.54) is 0 Å². The Balaban J connectivity index is 1.84. The third kappa shape index (κ3) is 3.87. The molecule has 1 unspecified atom stereocenters. The van der Waals surface area contributed by atoms with Crippen molar-refractivity contribution in [1.29, 1.82) is 0 Å². The maximum absolute atomic E-state index is 12.9. The summed E-state index contributed by atoms with van der Waals surface area (Å²) in [5, 5.41) is 9.15. The smallest absolute Gasteiger partial charge is 0.308 e. The highest BCUT2D eigenvalue weighted by atomic mass is 16.4. The second-order valence-electron chi connectivity index (χ2n) is 6.62. The van der Waals surface area contributed by atoms with Crippen molar-refractivity contribution >= 4 is 11.9 Å². The Labute approximate surface area is 147 Å². The Morgan fingerprint density at radius 1 is 1.20 bits per heavy atom. The van der Waals surface area contributed by atoms with Crippen molar-refractivity contribution in [2.75, 3.05) is 6.54 Å². The predicted molar refractivity (Wildman–Crippen MR) is 95.3 cm³/mol. The van der Waals surface area contributed by atoms with E-state index in [0.717, 1.165) is 24.1 Å². The number of carboxylic acid groups (broad SMARTS) is 1. The highest BCUT2D eigenvalue weighted by molar-refractivity contribution is 5.96.